The largest absolute Gasteiger partial charge is 0.468 e. The maximum absolute atomic E-state index is 14.0. The van der Waals surface area contributed by atoms with Crippen molar-refractivity contribution >= 4 is 35.9 Å². The lowest BCUT2D eigenvalue weighted by atomic mass is 9.99. The van der Waals surface area contributed by atoms with Crippen LogP contribution in [0.5, 0.6) is 0 Å². The topological polar surface area (TPSA) is 157 Å². The Labute approximate surface area is 230 Å². The number of alkyl carbamates (subject to hydrolysis) is 1. The molecule has 0 bridgehead atoms. The van der Waals surface area contributed by atoms with Gasteiger partial charge in [0.05, 0.1) is 7.11 Å². The Bertz CT molecular complexity index is 1020. The van der Waals surface area contributed by atoms with E-state index in [2.05, 4.69) is 21.9 Å². The third kappa shape index (κ3) is 12.0. The summed E-state index contributed by atoms with van der Waals surface area (Å²) >= 11 is 0. The van der Waals surface area contributed by atoms with Crippen molar-refractivity contribution in [2.45, 2.75) is 77.5 Å². The molecule has 0 saturated carbocycles. The highest BCUT2D eigenvalue weighted by Crippen LogP contribution is 2.25. The fraction of sp³-hybridized carbons (Fsp3) is 0.536. The Balaban J connectivity index is 3.55. The van der Waals surface area contributed by atoms with Crippen molar-refractivity contribution in [2.24, 2.45) is 5.73 Å². The van der Waals surface area contributed by atoms with Crippen LogP contribution in [0.1, 0.15) is 77.0 Å². The molecule has 0 aliphatic heterocycles. The molecule has 1 aromatic rings. The number of benzene rings is 1. The van der Waals surface area contributed by atoms with Gasteiger partial charge in [-0.2, -0.15) is 0 Å². The normalized spacial score (nSPS) is 12.4. The molecule has 216 valence electrons. The molecular weight excluding hydrogens is 504 g/mol. The van der Waals surface area contributed by atoms with E-state index >= 15 is 0 Å². The SMILES string of the molecule is C=Cc1cccc(C(C(=O)NCC(=O)OC)N(CCCCC)C(=O)C(CCC(N)=O)NC(=O)OC(C)(C)C)c1. The van der Waals surface area contributed by atoms with Crippen LogP contribution in [-0.4, -0.2) is 66.5 Å². The van der Waals surface area contributed by atoms with Gasteiger partial charge in [0.2, 0.25) is 17.7 Å². The highest BCUT2D eigenvalue weighted by molar-refractivity contribution is 5.93. The molecule has 11 heteroatoms. The molecule has 4 N–H and O–H groups in total. The van der Waals surface area contributed by atoms with Gasteiger partial charge in [-0.3, -0.25) is 19.2 Å². The van der Waals surface area contributed by atoms with Crippen molar-refractivity contribution in [3.63, 3.8) is 0 Å². The lowest BCUT2D eigenvalue weighted by molar-refractivity contribution is -0.145. The smallest absolute Gasteiger partial charge is 0.408 e. The van der Waals surface area contributed by atoms with E-state index in [9.17, 15) is 24.0 Å². The molecule has 0 fully saturated rings. The Hall–Kier alpha value is -3.89. The first-order chi connectivity index (χ1) is 18.3. The minimum absolute atomic E-state index is 0.0963. The van der Waals surface area contributed by atoms with E-state index < -0.39 is 54.0 Å². The second-order valence-corrected chi connectivity index (χ2v) is 10.0. The van der Waals surface area contributed by atoms with Gasteiger partial charge in [0, 0.05) is 13.0 Å². The Morgan fingerprint density at radius 2 is 1.85 bits per heavy atom. The van der Waals surface area contributed by atoms with Gasteiger partial charge in [-0.1, -0.05) is 50.6 Å². The third-order valence-corrected chi connectivity index (χ3v) is 5.61. The summed E-state index contributed by atoms with van der Waals surface area (Å²) in [4.78, 5) is 64.8. The molecule has 0 radical (unpaired) electrons. The molecular formula is C28H42N4O7. The minimum Gasteiger partial charge on any atom is -0.468 e. The van der Waals surface area contributed by atoms with Crippen LogP contribution in [-0.2, 0) is 28.7 Å². The first-order valence-electron chi connectivity index (χ1n) is 13.0. The molecule has 0 spiro atoms. The molecule has 1 aromatic carbocycles. The quantitative estimate of drug-likeness (QED) is 0.225. The molecule has 39 heavy (non-hydrogen) atoms. The fourth-order valence-electron chi connectivity index (χ4n) is 3.75. The van der Waals surface area contributed by atoms with Crippen LogP contribution in [0.15, 0.2) is 30.8 Å². The van der Waals surface area contributed by atoms with E-state index in [-0.39, 0.29) is 19.4 Å². The fourth-order valence-corrected chi connectivity index (χ4v) is 3.75. The van der Waals surface area contributed by atoms with Crippen LogP contribution in [0.3, 0.4) is 0 Å². The number of hydrogen-bond donors (Lipinski definition) is 3. The van der Waals surface area contributed by atoms with E-state index in [1.165, 1.54) is 12.0 Å². The molecule has 0 aliphatic rings. The summed E-state index contributed by atoms with van der Waals surface area (Å²) in [5.74, 6) is -2.52. The van der Waals surface area contributed by atoms with Crippen LogP contribution >= 0.6 is 0 Å². The van der Waals surface area contributed by atoms with Crippen molar-refractivity contribution in [1.29, 1.82) is 0 Å². The highest BCUT2D eigenvalue weighted by Gasteiger charge is 2.36. The Morgan fingerprint density at radius 1 is 1.15 bits per heavy atom. The molecule has 2 unspecified atom stereocenters. The summed E-state index contributed by atoms with van der Waals surface area (Å²) in [6, 6.07) is 4.57. The van der Waals surface area contributed by atoms with Gasteiger partial charge in [0.1, 0.15) is 24.2 Å². The van der Waals surface area contributed by atoms with E-state index in [1.807, 2.05) is 6.92 Å². The maximum Gasteiger partial charge on any atom is 0.408 e. The number of hydrogen-bond acceptors (Lipinski definition) is 7. The summed E-state index contributed by atoms with van der Waals surface area (Å²) in [5, 5.41) is 5.08. The third-order valence-electron chi connectivity index (χ3n) is 5.61. The molecule has 0 saturated heterocycles. The van der Waals surface area contributed by atoms with Crippen molar-refractivity contribution in [3.8, 4) is 0 Å². The number of primary amides is 1. The van der Waals surface area contributed by atoms with Gasteiger partial charge < -0.3 is 30.7 Å². The number of esters is 1. The molecule has 0 heterocycles. The second-order valence-electron chi connectivity index (χ2n) is 10.0. The number of ether oxygens (including phenoxy) is 2. The number of methoxy groups -OCH3 is 1. The van der Waals surface area contributed by atoms with Crippen LogP contribution < -0.4 is 16.4 Å². The number of rotatable bonds is 15. The minimum atomic E-state index is -1.20. The Morgan fingerprint density at radius 3 is 2.41 bits per heavy atom. The van der Waals surface area contributed by atoms with Crippen molar-refractivity contribution in [2.75, 3.05) is 20.2 Å². The lowest BCUT2D eigenvalue weighted by Crippen LogP contribution is -2.53. The summed E-state index contributed by atoms with van der Waals surface area (Å²) in [7, 11) is 1.20. The molecule has 2 atom stereocenters. The van der Waals surface area contributed by atoms with Crippen LogP contribution in [0, 0.1) is 0 Å². The first kappa shape index (κ1) is 33.1. The van der Waals surface area contributed by atoms with Gasteiger partial charge in [-0.05, 0) is 50.8 Å². The molecule has 4 amide bonds. The van der Waals surface area contributed by atoms with Gasteiger partial charge in [0.15, 0.2) is 0 Å². The van der Waals surface area contributed by atoms with Gasteiger partial charge in [-0.25, -0.2) is 4.79 Å². The highest BCUT2D eigenvalue weighted by atomic mass is 16.6. The standard InChI is InChI=1S/C28H42N4O7/c1-7-9-10-16-32(26(36)21(14-15-22(29)33)31-27(37)39-28(3,4)5)24(25(35)30-18-23(34)38-6)20-13-11-12-19(8-2)17-20/h8,11-13,17,21,24H,2,7,9-10,14-16,18H2,1,3-6H3,(H2,29,33)(H,30,35)(H,31,37). The van der Waals surface area contributed by atoms with Crippen molar-refractivity contribution in [1.82, 2.24) is 15.5 Å². The summed E-state index contributed by atoms with van der Waals surface area (Å²) in [6.07, 6.45) is 2.68. The van der Waals surface area contributed by atoms with Gasteiger partial charge in [0.25, 0.3) is 0 Å². The number of carbonyl (C=O) groups excluding carboxylic acids is 5. The van der Waals surface area contributed by atoms with E-state index in [1.54, 1.807) is 51.1 Å². The van der Waals surface area contributed by atoms with E-state index in [0.29, 0.717) is 12.0 Å². The predicted octanol–water partition coefficient (Wildman–Crippen LogP) is 2.84. The summed E-state index contributed by atoms with van der Waals surface area (Å²) in [6.45, 7) is 10.6. The van der Waals surface area contributed by atoms with Gasteiger partial charge >= 0.3 is 12.1 Å². The number of carbonyl (C=O) groups is 5. The zero-order valence-electron chi connectivity index (χ0n) is 23.6. The molecule has 0 aromatic heterocycles. The number of nitrogens with two attached hydrogens (primary N) is 1. The summed E-state index contributed by atoms with van der Waals surface area (Å²) in [5.41, 5.74) is 5.70. The monoisotopic (exact) mass is 546 g/mol. The second kappa shape index (κ2) is 16.2. The zero-order chi connectivity index (χ0) is 29.6. The molecule has 0 aliphatic carbocycles. The Kier molecular flexibility index (Phi) is 13.7. The van der Waals surface area contributed by atoms with Crippen LogP contribution in [0.25, 0.3) is 6.08 Å². The first-order valence-corrected chi connectivity index (χ1v) is 13.0. The van der Waals surface area contributed by atoms with Crippen LogP contribution in [0.4, 0.5) is 4.79 Å². The average Bonchev–Trinajstić information content (AvgIpc) is 2.87. The van der Waals surface area contributed by atoms with Crippen molar-refractivity contribution in [3.05, 3.63) is 42.0 Å². The average molecular weight is 547 g/mol. The van der Waals surface area contributed by atoms with E-state index in [0.717, 1.165) is 18.4 Å². The number of nitrogens with zero attached hydrogens (tertiary/aromatic N) is 1. The number of amides is 4. The summed E-state index contributed by atoms with van der Waals surface area (Å²) < 4.78 is 9.96. The number of nitrogens with one attached hydrogen (secondary N) is 2. The van der Waals surface area contributed by atoms with Gasteiger partial charge in [-0.15, -0.1) is 0 Å². The van der Waals surface area contributed by atoms with Crippen molar-refractivity contribution < 1.29 is 33.4 Å². The number of unbranched alkanes of at least 4 members (excludes halogenated alkanes) is 2. The van der Waals surface area contributed by atoms with E-state index in [4.69, 9.17) is 10.5 Å². The predicted molar refractivity (Wildman–Crippen MR) is 147 cm³/mol. The van der Waals surface area contributed by atoms with Crippen LogP contribution in [0.2, 0.25) is 0 Å². The lowest BCUT2D eigenvalue weighted by Gasteiger charge is -2.34. The molecule has 11 nitrogen and oxygen atoms in total. The molecule has 1 rings (SSSR count). The zero-order valence-corrected chi connectivity index (χ0v) is 23.6. The maximum atomic E-state index is 14.0.